The molecule has 16 heavy (non-hydrogen) atoms. The lowest BCUT2D eigenvalue weighted by molar-refractivity contribution is -0.0941. The number of ether oxygens (including phenoxy) is 2. The van der Waals surface area contributed by atoms with E-state index in [1.807, 2.05) is 0 Å². The molecule has 1 atom stereocenters. The molecule has 1 N–H and O–H groups in total. The van der Waals surface area contributed by atoms with Gasteiger partial charge in [-0.3, -0.25) is 0 Å². The van der Waals surface area contributed by atoms with Crippen LogP contribution in [0, 0.1) is 0 Å². The van der Waals surface area contributed by atoms with Crippen LogP contribution in [0.3, 0.4) is 0 Å². The van der Waals surface area contributed by atoms with Gasteiger partial charge < -0.3 is 19.1 Å². The van der Waals surface area contributed by atoms with E-state index in [9.17, 15) is 0 Å². The van der Waals surface area contributed by atoms with Gasteiger partial charge in [0.2, 0.25) is 11.7 Å². The molecule has 1 saturated heterocycles. The maximum Gasteiger partial charge on any atom is 0.226 e. The van der Waals surface area contributed by atoms with Gasteiger partial charge in [-0.2, -0.15) is 4.98 Å². The van der Waals surface area contributed by atoms with Gasteiger partial charge in [0.05, 0.1) is 19.8 Å². The van der Waals surface area contributed by atoms with E-state index >= 15 is 0 Å². The van der Waals surface area contributed by atoms with Crippen molar-refractivity contribution in [2.75, 3.05) is 26.4 Å². The molecule has 90 valence electrons. The molecular formula is C10H16N2O4. The zero-order chi connectivity index (χ0) is 11.2. The summed E-state index contributed by atoms with van der Waals surface area (Å²) in [6.07, 6.45) is 2.09. The number of aliphatic hydroxyl groups is 1. The highest BCUT2D eigenvalue weighted by atomic mass is 16.6. The molecule has 1 aromatic rings. The van der Waals surface area contributed by atoms with Gasteiger partial charge in [-0.15, -0.1) is 0 Å². The molecule has 0 radical (unpaired) electrons. The third kappa shape index (κ3) is 3.01. The molecule has 1 fully saturated rings. The van der Waals surface area contributed by atoms with Crippen LogP contribution in [0.5, 0.6) is 0 Å². The summed E-state index contributed by atoms with van der Waals surface area (Å²) in [6.45, 7) is 1.87. The SMILES string of the molecule is OCCCCc1nc(C2COCCO2)no1. The molecule has 1 unspecified atom stereocenters. The monoisotopic (exact) mass is 228 g/mol. The van der Waals surface area contributed by atoms with Gasteiger partial charge in [0, 0.05) is 13.0 Å². The molecule has 0 amide bonds. The second-order valence-corrected chi connectivity index (χ2v) is 3.66. The molecule has 6 heteroatoms. The van der Waals surface area contributed by atoms with E-state index in [-0.39, 0.29) is 12.7 Å². The number of aromatic nitrogens is 2. The third-order valence-electron chi connectivity index (χ3n) is 2.39. The highest BCUT2D eigenvalue weighted by Gasteiger charge is 2.22. The van der Waals surface area contributed by atoms with Crippen LogP contribution < -0.4 is 0 Å². The average molecular weight is 228 g/mol. The molecule has 0 saturated carbocycles. The van der Waals surface area contributed by atoms with Crippen LogP contribution in [0.15, 0.2) is 4.52 Å². The number of aliphatic hydroxyl groups excluding tert-OH is 1. The Morgan fingerprint density at radius 3 is 3.00 bits per heavy atom. The molecule has 1 aromatic heterocycles. The molecule has 6 nitrogen and oxygen atoms in total. The topological polar surface area (TPSA) is 77.6 Å². The number of hydrogen-bond donors (Lipinski definition) is 1. The number of hydrogen-bond acceptors (Lipinski definition) is 6. The normalized spacial score (nSPS) is 21.2. The zero-order valence-corrected chi connectivity index (χ0v) is 9.09. The van der Waals surface area contributed by atoms with Crippen LogP contribution in [0.1, 0.15) is 30.7 Å². The first-order valence-electron chi connectivity index (χ1n) is 5.53. The summed E-state index contributed by atoms with van der Waals surface area (Å²) in [5.74, 6) is 1.15. The van der Waals surface area contributed by atoms with E-state index in [1.165, 1.54) is 0 Å². The van der Waals surface area contributed by atoms with E-state index in [1.54, 1.807) is 0 Å². The van der Waals surface area contributed by atoms with Crippen molar-refractivity contribution in [1.82, 2.24) is 10.1 Å². The predicted molar refractivity (Wildman–Crippen MR) is 53.8 cm³/mol. The Kier molecular flexibility index (Phi) is 4.26. The van der Waals surface area contributed by atoms with Crippen LogP contribution >= 0.6 is 0 Å². The van der Waals surface area contributed by atoms with Gasteiger partial charge in [-0.1, -0.05) is 5.16 Å². The molecular weight excluding hydrogens is 212 g/mol. The summed E-state index contributed by atoms with van der Waals surface area (Å²) in [5, 5.41) is 12.5. The predicted octanol–water partition coefficient (Wildman–Crippen LogP) is 0.472. The molecule has 0 aromatic carbocycles. The molecule has 0 spiro atoms. The molecule has 1 aliphatic heterocycles. The lowest BCUT2D eigenvalue weighted by atomic mass is 10.2. The first-order chi connectivity index (χ1) is 7.90. The van der Waals surface area contributed by atoms with Crippen LogP contribution in [0.25, 0.3) is 0 Å². The lowest BCUT2D eigenvalue weighted by Gasteiger charge is -2.19. The lowest BCUT2D eigenvalue weighted by Crippen LogP contribution is -2.22. The number of rotatable bonds is 5. The van der Waals surface area contributed by atoms with Crippen molar-refractivity contribution in [2.24, 2.45) is 0 Å². The first-order valence-corrected chi connectivity index (χ1v) is 5.53. The van der Waals surface area contributed by atoms with Crippen molar-refractivity contribution >= 4 is 0 Å². The van der Waals surface area contributed by atoms with Crippen molar-refractivity contribution in [3.8, 4) is 0 Å². The highest BCUT2D eigenvalue weighted by Crippen LogP contribution is 2.18. The Morgan fingerprint density at radius 2 is 2.25 bits per heavy atom. The number of aryl methyl sites for hydroxylation is 1. The molecule has 0 aliphatic carbocycles. The minimum absolute atomic E-state index is 0.195. The molecule has 2 rings (SSSR count). The van der Waals surface area contributed by atoms with Gasteiger partial charge in [-0.05, 0) is 12.8 Å². The van der Waals surface area contributed by atoms with Gasteiger partial charge >= 0.3 is 0 Å². The van der Waals surface area contributed by atoms with Crippen LogP contribution in [0.4, 0.5) is 0 Å². The summed E-state index contributed by atoms with van der Waals surface area (Å²) in [6, 6.07) is 0. The van der Waals surface area contributed by atoms with E-state index in [2.05, 4.69) is 10.1 Å². The van der Waals surface area contributed by atoms with Crippen molar-refractivity contribution in [1.29, 1.82) is 0 Å². The minimum Gasteiger partial charge on any atom is -0.396 e. The Labute approximate surface area is 93.6 Å². The Hall–Kier alpha value is -0.980. The molecule has 2 heterocycles. The highest BCUT2D eigenvalue weighted by molar-refractivity contribution is 4.92. The van der Waals surface area contributed by atoms with Gasteiger partial charge in [0.15, 0.2) is 0 Å². The van der Waals surface area contributed by atoms with Crippen molar-refractivity contribution in [3.05, 3.63) is 11.7 Å². The van der Waals surface area contributed by atoms with Gasteiger partial charge in [-0.25, -0.2) is 0 Å². The van der Waals surface area contributed by atoms with Gasteiger partial charge in [0.1, 0.15) is 6.10 Å². The van der Waals surface area contributed by atoms with E-state index in [0.717, 1.165) is 12.8 Å². The van der Waals surface area contributed by atoms with Crippen LogP contribution in [-0.2, 0) is 15.9 Å². The minimum atomic E-state index is -0.205. The van der Waals surface area contributed by atoms with Crippen molar-refractivity contribution in [3.63, 3.8) is 0 Å². The van der Waals surface area contributed by atoms with E-state index in [4.69, 9.17) is 19.1 Å². The Bertz CT molecular complexity index is 310. The fourth-order valence-electron chi connectivity index (χ4n) is 1.53. The molecule has 1 aliphatic rings. The Balaban J connectivity index is 1.85. The summed E-state index contributed by atoms with van der Waals surface area (Å²) >= 11 is 0. The number of nitrogens with zero attached hydrogens (tertiary/aromatic N) is 2. The Morgan fingerprint density at radius 1 is 1.31 bits per heavy atom. The maximum atomic E-state index is 8.65. The maximum absolute atomic E-state index is 8.65. The largest absolute Gasteiger partial charge is 0.396 e. The van der Waals surface area contributed by atoms with Crippen LogP contribution in [0.2, 0.25) is 0 Å². The standard InChI is InChI=1S/C10H16N2O4/c13-4-2-1-3-9-11-10(12-16-9)8-7-14-5-6-15-8/h8,13H,1-7H2. The molecule has 0 bridgehead atoms. The van der Waals surface area contributed by atoms with Gasteiger partial charge in [0.25, 0.3) is 0 Å². The second-order valence-electron chi connectivity index (χ2n) is 3.66. The number of unbranched alkanes of at least 4 members (excludes halogenated alkanes) is 1. The summed E-state index contributed by atoms with van der Waals surface area (Å²) in [5.41, 5.74) is 0. The fourth-order valence-corrected chi connectivity index (χ4v) is 1.53. The summed E-state index contributed by atoms with van der Waals surface area (Å²) in [7, 11) is 0. The summed E-state index contributed by atoms with van der Waals surface area (Å²) in [4.78, 5) is 4.24. The van der Waals surface area contributed by atoms with Crippen molar-refractivity contribution in [2.45, 2.75) is 25.4 Å². The summed E-state index contributed by atoms with van der Waals surface area (Å²) < 4.78 is 15.8. The quantitative estimate of drug-likeness (QED) is 0.738. The van der Waals surface area contributed by atoms with E-state index in [0.29, 0.717) is 38.0 Å². The zero-order valence-electron chi connectivity index (χ0n) is 9.09. The van der Waals surface area contributed by atoms with Crippen LogP contribution in [-0.4, -0.2) is 41.7 Å². The smallest absolute Gasteiger partial charge is 0.226 e. The van der Waals surface area contributed by atoms with E-state index < -0.39 is 0 Å². The fraction of sp³-hybridized carbons (Fsp3) is 0.800. The van der Waals surface area contributed by atoms with Crippen molar-refractivity contribution < 1.29 is 19.1 Å². The first kappa shape index (κ1) is 11.5. The average Bonchev–Trinajstić information content (AvgIpc) is 2.79. The third-order valence-corrected chi connectivity index (χ3v) is 2.39. The second kappa shape index (κ2) is 5.93.